The number of rotatable bonds is 5. The Balaban J connectivity index is 1.82. The molecular formula is C18H21N3O7. The zero-order valence-electron chi connectivity index (χ0n) is 15.1. The minimum absolute atomic E-state index is 0.00636. The van der Waals surface area contributed by atoms with Crippen molar-refractivity contribution < 1.29 is 24.5 Å². The van der Waals surface area contributed by atoms with Gasteiger partial charge in [-0.2, -0.15) is 0 Å². The lowest BCUT2D eigenvalue weighted by atomic mass is 9.92. The number of benzene rings is 1. The van der Waals surface area contributed by atoms with Crippen LogP contribution in [0.4, 0.5) is 4.79 Å². The van der Waals surface area contributed by atoms with Crippen molar-refractivity contribution in [2.75, 3.05) is 6.61 Å². The molecule has 4 atom stereocenters. The predicted octanol–water partition coefficient (Wildman–Crippen LogP) is -0.528. The molecule has 0 unspecified atom stereocenters. The van der Waals surface area contributed by atoms with E-state index in [4.69, 9.17) is 9.47 Å². The van der Waals surface area contributed by atoms with E-state index >= 15 is 0 Å². The summed E-state index contributed by atoms with van der Waals surface area (Å²) in [6.07, 6.45) is -3.23. The van der Waals surface area contributed by atoms with E-state index < -0.39 is 47.9 Å². The normalized spacial score (nSPS) is 26.8. The molecule has 0 radical (unpaired) electrons. The SMILES string of the molecule is C[C@@]1(NC(=O)OCc2ccccc2)[C@H](O)[C@@H](CO)O[C@H]1n1ccc(=O)[nH]c1=O. The van der Waals surface area contributed by atoms with Crippen molar-refractivity contribution >= 4 is 6.09 Å². The third kappa shape index (κ3) is 3.84. The van der Waals surface area contributed by atoms with Crippen LogP contribution in [0.2, 0.25) is 0 Å². The molecule has 2 heterocycles. The molecule has 28 heavy (non-hydrogen) atoms. The fraction of sp³-hybridized carbons (Fsp3) is 0.389. The van der Waals surface area contributed by atoms with E-state index in [1.54, 1.807) is 24.3 Å². The van der Waals surface area contributed by atoms with E-state index in [0.29, 0.717) is 0 Å². The smallest absolute Gasteiger partial charge is 0.408 e. The maximum Gasteiger partial charge on any atom is 0.408 e. The molecule has 1 aliphatic rings. The Bertz CT molecular complexity index is 942. The highest BCUT2D eigenvalue weighted by Crippen LogP contribution is 2.37. The maximum absolute atomic E-state index is 12.3. The number of aromatic nitrogens is 2. The molecule has 1 aromatic heterocycles. The van der Waals surface area contributed by atoms with Crippen LogP contribution in [0.1, 0.15) is 18.7 Å². The minimum atomic E-state index is -1.51. The highest BCUT2D eigenvalue weighted by Gasteiger charge is 2.55. The molecule has 1 fully saturated rings. The number of nitrogens with zero attached hydrogens (tertiary/aromatic N) is 1. The summed E-state index contributed by atoms with van der Waals surface area (Å²) in [6, 6.07) is 10.1. The fourth-order valence-corrected chi connectivity index (χ4v) is 3.14. The van der Waals surface area contributed by atoms with Gasteiger partial charge in [0.25, 0.3) is 5.56 Å². The molecule has 0 aliphatic carbocycles. The summed E-state index contributed by atoms with van der Waals surface area (Å²) in [7, 11) is 0. The lowest BCUT2D eigenvalue weighted by Gasteiger charge is -2.33. The molecule has 3 rings (SSSR count). The van der Waals surface area contributed by atoms with Crippen LogP contribution in [0, 0.1) is 0 Å². The van der Waals surface area contributed by atoms with Gasteiger partial charge in [-0.25, -0.2) is 9.59 Å². The molecule has 10 heteroatoms. The molecule has 1 amide bonds. The summed E-state index contributed by atoms with van der Waals surface area (Å²) in [5.41, 5.74) is -2.12. The van der Waals surface area contributed by atoms with Gasteiger partial charge in [-0.3, -0.25) is 14.3 Å². The number of alkyl carbamates (subject to hydrolysis) is 1. The molecule has 0 saturated carbocycles. The first-order chi connectivity index (χ1) is 13.3. The average Bonchev–Trinajstić information content (AvgIpc) is 2.92. The first kappa shape index (κ1) is 19.8. The lowest BCUT2D eigenvalue weighted by Crippen LogP contribution is -2.58. The summed E-state index contributed by atoms with van der Waals surface area (Å²) >= 11 is 0. The maximum atomic E-state index is 12.3. The van der Waals surface area contributed by atoms with Gasteiger partial charge in [0.15, 0.2) is 6.23 Å². The summed E-state index contributed by atoms with van der Waals surface area (Å²) in [4.78, 5) is 37.9. The van der Waals surface area contributed by atoms with Crippen LogP contribution in [0.3, 0.4) is 0 Å². The number of ether oxygens (including phenoxy) is 2. The number of aromatic amines is 1. The van der Waals surface area contributed by atoms with Crippen LogP contribution in [0.15, 0.2) is 52.2 Å². The monoisotopic (exact) mass is 391 g/mol. The van der Waals surface area contributed by atoms with Gasteiger partial charge in [0.05, 0.1) is 6.61 Å². The highest BCUT2D eigenvalue weighted by atomic mass is 16.6. The van der Waals surface area contributed by atoms with E-state index in [1.165, 1.54) is 13.1 Å². The molecule has 10 nitrogen and oxygen atoms in total. The third-order valence-corrected chi connectivity index (χ3v) is 4.65. The van der Waals surface area contributed by atoms with Crippen LogP contribution < -0.4 is 16.6 Å². The van der Waals surface area contributed by atoms with Crippen molar-refractivity contribution in [3.8, 4) is 0 Å². The van der Waals surface area contributed by atoms with Crippen molar-refractivity contribution in [3.05, 3.63) is 69.0 Å². The number of H-pyrrole nitrogens is 1. The Morgan fingerprint density at radius 1 is 1.32 bits per heavy atom. The van der Waals surface area contributed by atoms with Crippen LogP contribution in [-0.4, -0.2) is 50.2 Å². The van der Waals surface area contributed by atoms with Crippen LogP contribution in [0.5, 0.6) is 0 Å². The minimum Gasteiger partial charge on any atom is -0.445 e. The first-order valence-corrected chi connectivity index (χ1v) is 8.60. The van der Waals surface area contributed by atoms with Crippen molar-refractivity contribution in [2.45, 2.75) is 37.5 Å². The molecule has 2 aromatic rings. The number of hydrogen-bond donors (Lipinski definition) is 4. The molecule has 0 bridgehead atoms. The van der Waals surface area contributed by atoms with E-state index in [0.717, 1.165) is 16.2 Å². The summed E-state index contributed by atoms with van der Waals surface area (Å²) < 4.78 is 11.8. The largest absolute Gasteiger partial charge is 0.445 e. The van der Waals surface area contributed by atoms with Crippen LogP contribution >= 0.6 is 0 Å². The summed E-state index contributed by atoms with van der Waals surface area (Å²) in [5.74, 6) is 0. The van der Waals surface area contributed by atoms with E-state index in [-0.39, 0.29) is 6.61 Å². The third-order valence-electron chi connectivity index (χ3n) is 4.65. The van der Waals surface area contributed by atoms with Gasteiger partial charge in [0.1, 0.15) is 24.4 Å². The number of nitrogens with one attached hydrogen (secondary N) is 2. The van der Waals surface area contributed by atoms with Crippen molar-refractivity contribution in [2.24, 2.45) is 0 Å². The Morgan fingerprint density at radius 3 is 2.68 bits per heavy atom. The topological polar surface area (TPSA) is 143 Å². The zero-order valence-corrected chi connectivity index (χ0v) is 15.1. The number of aliphatic hydroxyl groups excluding tert-OH is 2. The van der Waals surface area contributed by atoms with Crippen molar-refractivity contribution in [1.82, 2.24) is 14.9 Å². The van der Waals surface area contributed by atoms with Gasteiger partial charge in [0.2, 0.25) is 0 Å². The number of amides is 1. The Kier molecular flexibility index (Phi) is 5.63. The van der Waals surface area contributed by atoms with Gasteiger partial charge in [-0.05, 0) is 12.5 Å². The quantitative estimate of drug-likeness (QED) is 0.537. The standard InChI is InChI=1S/C18H21N3O7/c1-18(20-17(26)27-10-11-5-3-2-4-6-11)14(24)12(9-22)28-15(18)21-8-7-13(23)19-16(21)25/h2-8,12,14-15,22,24H,9-10H2,1H3,(H,20,26)(H,19,23,25)/t12-,14-,15-,18-/m1/s1. The molecule has 150 valence electrons. The van der Waals surface area contributed by atoms with Gasteiger partial charge >= 0.3 is 11.8 Å². The van der Waals surface area contributed by atoms with Crippen LogP contribution in [-0.2, 0) is 16.1 Å². The van der Waals surface area contributed by atoms with E-state index in [1.807, 2.05) is 6.07 Å². The second-order valence-corrected chi connectivity index (χ2v) is 6.64. The first-order valence-electron chi connectivity index (χ1n) is 8.60. The van der Waals surface area contributed by atoms with Gasteiger partial charge in [0, 0.05) is 12.3 Å². The number of carbonyl (C=O) groups excluding carboxylic acids is 1. The molecule has 4 N–H and O–H groups in total. The van der Waals surface area contributed by atoms with Gasteiger partial charge < -0.3 is 25.0 Å². The molecule has 1 aliphatic heterocycles. The Hall–Kier alpha value is -2.95. The average molecular weight is 391 g/mol. The second-order valence-electron chi connectivity index (χ2n) is 6.64. The molecule has 1 aromatic carbocycles. The molecule has 0 spiro atoms. The van der Waals surface area contributed by atoms with Crippen molar-refractivity contribution in [1.29, 1.82) is 0 Å². The van der Waals surface area contributed by atoms with E-state index in [9.17, 15) is 24.6 Å². The molecular weight excluding hydrogens is 370 g/mol. The van der Waals surface area contributed by atoms with Gasteiger partial charge in [-0.15, -0.1) is 0 Å². The molecule has 1 saturated heterocycles. The Labute approximate surface area is 159 Å². The number of aliphatic hydroxyl groups is 2. The lowest BCUT2D eigenvalue weighted by molar-refractivity contribution is -0.0501. The highest BCUT2D eigenvalue weighted by molar-refractivity contribution is 5.68. The number of carbonyl (C=O) groups is 1. The zero-order chi connectivity index (χ0) is 20.3. The number of hydrogen-bond acceptors (Lipinski definition) is 7. The van der Waals surface area contributed by atoms with Gasteiger partial charge in [-0.1, -0.05) is 30.3 Å². The fourth-order valence-electron chi connectivity index (χ4n) is 3.14. The summed E-state index contributed by atoms with van der Waals surface area (Å²) in [6.45, 7) is 0.928. The summed E-state index contributed by atoms with van der Waals surface area (Å²) in [5, 5.41) is 22.6. The van der Waals surface area contributed by atoms with Crippen molar-refractivity contribution in [3.63, 3.8) is 0 Å². The Morgan fingerprint density at radius 2 is 2.04 bits per heavy atom. The van der Waals surface area contributed by atoms with E-state index in [2.05, 4.69) is 10.3 Å². The second kappa shape index (κ2) is 7.97. The van der Waals surface area contributed by atoms with Crippen LogP contribution in [0.25, 0.3) is 0 Å². The predicted molar refractivity (Wildman–Crippen MR) is 96.5 cm³/mol.